The second-order valence-electron chi connectivity index (χ2n) is 3.83. The number of unbranched alkanes of at least 4 members (excludes halogenated alkanes) is 3. The first kappa shape index (κ1) is 13.2. The molecular formula is C12H17FO2S. The maximum atomic E-state index is 12.6. The minimum absolute atomic E-state index is 0.151. The minimum atomic E-state index is -3.22. The van der Waals surface area contributed by atoms with Crippen molar-refractivity contribution in [3.05, 3.63) is 30.1 Å². The molecule has 16 heavy (non-hydrogen) atoms. The van der Waals surface area contributed by atoms with Crippen molar-refractivity contribution in [3.8, 4) is 0 Å². The summed E-state index contributed by atoms with van der Waals surface area (Å²) in [5.74, 6) is -0.261. The first-order valence-electron chi connectivity index (χ1n) is 5.54. The molecule has 90 valence electrons. The van der Waals surface area contributed by atoms with Gasteiger partial charge >= 0.3 is 0 Å². The summed E-state index contributed by atoms with van der Waals surface area (Å²) in [6, 6.07) is 5.01. The molecule has 0 N–H and O–H groups in total. The number of benzene rings is 1. The van der Waals surface area contributed by atoms with Crippen molar-refractivity contribution in [2.45, 2.75) is 37.5 Å². The molecule has 1 aromatic rings. The largest absolute Gasteiger partial charge is 0.224 e. The van der Waals surface area contributed by atoms with E-state index >= 15 is 0 Å². The zero-order chi connectivity index (χ0) is 12.0. The van der Waals surface area contributed by atoms with Gasteiger partial charge in [0.1, 0.15) is 5.82 Å². The fraction of sp³-hybridized carbons (Fsp3) is 0.500. The number of hydrogen-bond acceptors (Lipinski definition) is 2. The Bertz CT molecular complexity index is 409. The van der Waals surface area contributed by atoms with Gasteiger partial charge in [0.05, 0.1) is 10.6 Å². The Labute approximate surface area is 96.4 Å². The van der Waals surface area contributed by atoms with E-state index in [4.69, 9.17) is 0 Å². The standard InChI is InChI=1S/C12H17FO2S/c1-2-3-4-5-10-16(14,15)12-8-6-11(13)7-9-12/h6-9H,2-5,10H2,1H3. The highest BCUT2D eigenvalue weighted by Crippen LogP contribution is 2.14. The molecule has 0 aromatic heterocycles. The van der Waals surface area contributed by atoms with Crippen molar-refractivity contribution in [2.24, 2.45) is 0 Å². The molecule has 0 radical (unpaired) electrons. The zero-order valence-corrected chi connectivity index (χ0v) is 10.3. The van der Waals surface area contributed by atoms with E-state index in [1.165, 1.54) is 24.3 Å². The van der Waals surface area contributed by atoms with Gasteiger partial charge < -0.3 is 0 Å². The number of rotatable bonds is 6. The maximum absolute atomic E-state index is 12.6. The van der Waals surface area contributed by atoms with E-state index in [9.17, 15) is 12.8 Å². The van der Waals surface area contributed by atoms with Crippen molar-refractivity contribution in [1.82, 2.24) is 0 Å². The predicted octanol–water partition coefficient (Wildman–Crippen LogP) is 3.18. The van der Waals surface area contributed by atoms with E-state index in [2.05, 4.69) is 6.92 Å². The lowest BCUT2D eigenvalue weighted by Crippen LogP contribution is -2.06. The Morgan fingerprint density at radius 2 is 1.69 bits per heavy atom. The Hall–Kier alpha value is -0.900. The number of hydrogen-bond donors (Lipinski definition) is 0. The summed E-state index contributed by atoms with van der Waals surface area (Å²) in [5, 5.41) is 0. The molecule has 4 heteroatoms. The van der Waals surface area contributed by atoms with Crippen LogP contribution < -0.4 is 0 Å². The lowest BCUT2D eigenvalue weighted by Gasteiger charge is -2.03. The fourth-order valence-corrected chi connectivity index (χ4v) is 2.85. The van der Waals surface area contributed by atoms with E-state index in [1.807, 2.05) is 0 Å². The third-order valence-electron chi connectivity index (χ3n) is 2.44. The summed E-state index contributed by atoms with van der Waals surface area (Å²) in [5.41, 5.74) is 0. The van der Waals surface area contributed by atoms with Crippen LogP contribution in [0.2, 0.25) is 0 Å². The predicted molar refractivity (Wildman–Crippen MR) is 62.6 cm³/mol. The SMILES string of the molecule is CCCCCCS(=O)(=O)c1ccc(F)cc1. The quantitative estimate of drug-likeness (QED) is 0.569. The van der Waals surface area contributed by atoms with Gasteiger partial charge in [-0.1, -0.05) is 26.2 Å². The highest BCUT2D eigenvalue weighted by atomic mass is 32.2. The molecular weight excluding hydrogens is 227 g/mol. The van der Waals surface area contributed by atoms with Crippen molar-refractivity contribution < 1.29 is 12.8 Å². The van der Waals surface area contributed by atoms with Crippen LogP contribution in [0, 0.1) is 5.82 Å². The molecule has 0 spiro atoms. The molecule has 0 amide bonds. The van der Waals surface area contributed by atoms with Gasteiger partial charge in [-0.2, -0.15) is 0 Å². The highest BCUT2D eigenvalue weighted by molar-refractivity contribution is 7.91. The first-order valence-corrected chi connectivity index (χ1v) is 7.20. The topological polar surface area (TPSA) is 34.1 Å². The molecule has 0 aliphatic heterocycles. The Morgan fingerprint density at radius 1 is 1.06 bits per heavy atom. The Kier molecular flexibility index (Phi) is 4.93. The Balaban J connectivity index is 2.60. The van der Waals surface area contributed by atoms with E-state index in [-0.39, 0.29) is 10.6 Å². The lowest BCUT2D eigenvalue weighted by atomic mass is 10.2. The second-order valence-corrected chi connectivity index (χ2v) is 5.94. The summed E-state index contributed by atoms with van der Waals surface area (Å²) in [4.78, 5) is 0.213. The summed E-state index contributed by atoms with van der Waals surface area (Å²) < 4.78 is 36.2. The summed E-state index contributed by atoms with van der Waals surface area (Å²) >= 11 is 0. The van der Waals surface area contributed by atoms with Crippen LogP contribution in [0.15, 0.2) is 29.2 Å². The third-order valence-corrected chi connectivity index (χ3v) is 4.26. The van der Waals surface area contributed by atoms with Crippen molar-refractivity contribution >= 4 is 9.84 Å². The van der Waals surface area contributed by atoms with Crippen molar-refractivity contribution in [1.29, 1.82) is 0 Å². The fourth-order valence-electron chi connectivity index (χ4n) is 1.48. The average molecular weight is 244 g/mol. The molecule has 2 nitrogen and oxygen atoms in total. The van der Waals surface area contributed by atoms with Gasteiger partial charge in [0.15, 0.2) is 9.84 Å². The zero-order valence-electron chi connectivity index (χ0n) is 9.45. The van der Waals surface area contributed by atoms with Crippen LogP contribution in [-0.4, -0.2) is 14.2 Å². The minimum Gasteiger partial charge on any atom is -0.224 e. The monoisotopic (exact) mass is 244 g/mol. The summed E-state index contributed by atoms with van der Waals surface area (Å²) in [6.45, 7) is 2.08. The van der Waals surface area contributed by atoms with Crippen LogP contribution in [0.1, 0.15) is 32.6 Å². The van der Waals surface area contributed by atoms with Crippen LogP contribution in [0.25, 0.3) is 0 Å². The van der Waals surface area contributed by atoms with Gasteiger partial charge in [-0.15, -0.1) is 0 Å². The summed E-state index contributed by atoms with van der Waals surface area (Å²) in [6.07, 6.45) is 3.74. The molecule has 0 unspecified atom stereocenters. The van der Waals surface area contributed by atoms with Crippen LogP contribution in [0.4, 0.5) is 4.39 Å². The van der Waals surface area contributed by atoms with Crippen LogP contribution >= 0.6 is 0 Å². The molecule has 1 rings (SSSR count). The van der Waals surface area contributed by atoms with Crippen LogP contribution in [-0.2, 0) is 9.84 Å². The molecule has 0 saturated heterocycles. The van der Waals surface area contributed by atoms with Gasteiger partial charge in [-0.3, -0.25) is 0 Å². The van der Waals surface area contributed by atoms with Gasteiger partial charge in [0.2, 0.25) is 0 Å². The number of sulfone groups is 1. The van der Waals surface area contributed by atoms with E-state index in [0.29, 0.717) is 6.42 Å². The molecule has 0 fully saturated rings. The van der Waals surface area contributed by atoms with Crippen molar-refractivity contribution in [3.63, 3.8) is 0 Å². The normalized spacial score (nSPS) is 11.6. The molecule has 0 aliphatic rings. The second kappa shape index (κ2) is 5.99. The highest BCUT2D eigenvalue weighted by Gasteiger charge is 2.13. The van der Waals surface area contributed by atoms with Crippen molar-refractivity contribution in [2.75, 3.05) is 5.75 Å². The number of halogens is 1. The molecule has 0 atom stereocenters. The Morgan fingerprint density at radius 3 is 2.25 bits per heavy atom. The first-order chi connectivity index (χ1) is 7.56. The lowest BCUT2D eigenvalue weighted by molar-refractivity contribution is 0.588. The molecule has 0 bridgehead atoms. The van der Waals surface area contributed by atoms with Gasteiger partial charge in [0.25, 0.3) is 0 Å². The molecule has 0 heterocycles. The summed E-state index contributed by atoms with van der Waals surface area (Å²) in [7, 11) is -3.22. The van der Waals surface area contributed by atoms with E-state index in [0.717, 1.165) is 19.3 Å². The van der Waals surface area contributed by atoms with E-state index in [1.54, 1.807) is 0 Å². The molecule has 0 saturated carbocycles. The molecule has 1 aromatic carbocycles. The van der Waals surface area contributed by atoms with Gasteiger partial charge in [-0.25, -0.2) is 12.8 Å². The average Bonchev–Trinajstić information content (AvgIpc) is 2.25. The van der Waals surface area contributed by atoms with Crippen LogP contribution in [0.3, 0.4) is 0 Å². The molecule has 0 aliphatic carbocycles. The smallest absolute Gasteiger partial charge is 0.178 e. The van der Waals surface area contributed by atoms with Gasteiger partial charge in [-0.05, 0) is 30.7 Å². The third kappa shape index (κ3) is 3.93. The maximum Gasteiger partial charge on any atom is 0.178 e. The van der Waals surface area contributed by atoms with Gasteiger partial charge in [0, 0.05) is 0 Å². The van der Waals surface area contributed by atoms with Crippen LogP contribution in [0.5, 0.6) is 0 Å². The van der Waals surface area contributed by atoms with E-state index < -0.39 is 15.7 Å².